The molecule has 2 aromatic rings. The molecule has 1 aliphatic rings. The number of ether oxygens (including phenoxy) is 1. The second-order valence-corrected chi connectivity index (χ2v) is 7.37. The number of carbonyl (C=O) groups excluding carboxylic acids is 2. The number of thioether (sulfide) groups is 1. The largest absolute Gasteiger partial charge is 0.479 e. The minimum Gasteiger partial charge on any atom is -0.479 e. The molecule has 9 heteroatoms. The lowest BCUT2D eigenvalue weighted by molar-refractivity contribution is -0.384. The van der Waals surface area contributed by atoms with Gasteiger partial charge in [-0.15, -0.1) is 11.8 Å². The van der Waals surface area contributed by atoms with Gasteiger partial charge in [-0.3, -0.25) is 19.7 Å². The summed E-state index contributed by atoms with van der Waals surface area (Å²) in [6, 6.07) is 11.1. The number of nitro benzene ring substituents is 1. The first-order valence-corrected chi connectivity index (χ1v) is 9.05. The smallest absolute Gasteiger partial charge is 0.269 e. The number of rotatable bonds is 5. The lowest BCUT2D eigenvalue weighted by atomic mass is 10.2. The maximum absolute atomic E-state index is 12.4. The van der Waals surface area contributed by atoms with Crippen molar-refractivity contribution in [2.45, 2.75) is 30.1 Å². The monoisotopic (exact) mass is 387 g/mol. The van der Waals surface area contributed by atoms with Crippen molar-refractivity contribution in [3.05, 3.63) is 52.6 Å². The summed E-state index contributed by atoms with van der Waals surface area (Å²) in [6.45, 7) is 3.40. The van der Waals surface area contributed by atoms with Gasteiger partial charge in [-0.05, 0) is 44.2 Å². The highest BCUT2D eigenvalue weighted by Gasteiger charge is 2.24. The third kappa shape index (κ3) is 4.37. The molecular weight excluding hydrogens is 370 g/mol. The summed E-state index contributed by atoms with van der Waals surface area (Å²) in [5.41, 5.74) is 1.05. The minimum absolute atomic E-state index is 0.00379. The predicted molar refractivity (Wildman–Crippen MR) is 102 cm³/mol. The maximum atomic E-state index is 12.4. The van der Waals surface area contributed by atoms with E-state index in [1.54, 1.807) is 44.2 Å². The van der Waals surface area contributed by atoms with Crippen LogP contribution in [0.4, 0.5) is 17.1 Å². The number of non-ortho nitro benzene ring substituents is 1. The molecule has 2 atom stereocenters. The number of amides is 2. The van der Waals surface area contributed by atoms with Crippen LogP contribution in [0.3, 0.4) is 0 Å². The molecule has 0 aliphatic carbocycles. The molecule has 2 amide bonds. The van der Waals surface area contributed by atoms with Crippen LogP contribution < -0.4 is 15.4 Å². The third-order valence-corrected chi connectivity index (χ3v) is 5.02. The maximum Gasteiger partial charge on any atom is 0.269 e. The molecule has 0 spiro atoms. The second-order valence-electron chi connectivity index (χ2n) is 5.96. The highest BCUT2D eigenvalue weighted by atomic mass is 32.2. The summed E-state index contributed by atoms with van der Waals surface area (Å²) in [6.07, 6.45) is -0.559. The average Bonchev–Trinajstić information content (AvgIpc) is 2.63. The Balaban J connectivity index is 1.63. The van der Waals surface area contributed by atoms with Gasteiger partial charge in [0.15, 0.2) is 6.10 Å². The van der Waals surface area contributed by atoms with Crippen LogP contribution in [0.25, 0.3) is 0 Å². The zero-order chi connectivity index (χ0) is 19.6. The van der Waals surface area contributed by atoms with Gasteiger partial charge in [0.1, 0.15) is 5.75 Å². The summed E-state index contributed by atoms with van der Waals surface area (Å²) in [7, 11) is 0. The molecule has 0 unspecified atom stereocenters. The molecular formula is C18H17N3O5S. The van der Waals surface area contributed by atoms with Gasteiger partial charge in [0.2, 0.25) is 5.91 Å². The number of hydrogen-bond acceptors (Lipinski definition) is 6. The van der Waals surface area contributed by atoms with Gasteiger partial charge in [0, 0.05) is 22.7 Å². The number of fused-ring (bicyclic) bond motifs is 1. The van der Waals surface area contributed by atoms with Gasteiger partial charge in [0.05, 0.1) is 15.9 Å². The normalized spacial score (nSPS) is 16.5. The number of anilines is 2. The molecule has 0 fully saturated rings. The van der Waals surface area contributed by atoms with Crippen molar-refractivity contribution in [2.24, 2.45) is 0 Å². The fraction of sp³-hybridized carbons (Fsp3) is 0.222. The van der Waals surface area contributed by atoms with Crippen LogP contribution in [0.2, 0.25) is 0 Å². The predicted octanol–water partition coefficient (Wildman–Crippen LogP) is 3.43. The SMILES string of the molecule is C[C@@H]1Oc2ccc(NC(=O)[C@H](C)Sc3ccc([N+](=O)[O-])cc3)cc2NC1=O. The molecule has 0 saturated heterocycles. The van der Waals surface area contributed by atoms with Gasteiger partial charge in [-0.2, -0.15) is 0 Å². The van der Waals surface area contributed by atoms with Crippen LogP contribution in [0.15, 0.2) is 47.4 Å². The lowest BCUT2D eigenvalue weighted by Crippen LogP contribution is -2.34. The minimum atomic E-state index is -0.559. The van der Waals surface area contributed by atoms with Crippen molar-refractivity contribution in [1.82, 2.24) is 0 Å². The molecule has 8 nitrogen and oxygen atoms in total. The van der Waals surface area contributed by atoms with E-state index in [1.807, 2.05) is 0 Å². The zero-order valence-corrected chi connectivity index (χ0v) is 15.4. The number of hydrogen-bond donors (Lipinski definition) is 2. The molecule has 0 saturated carbocycles. The van der Waals surface area contributed by atoms with Crippen molar-refractivity contribution in [1.29, 1.82) is 0 Å². The highest BCUT2D eigenvalue weighted by molar-refractivity contribution is 8.00. The summed E-state index contributed by atoms with van der Waals surface area (Å²) < 4.78 is 5.48. The Labute approximate surface area is 159 Å². The fourth-order valence-corrected chi connectivity index (χ4v) is 3.30. The van der Waals surface area contributed by atoms with Crippen molar-refractivity contribution >= 4 is 40.6 Å². The van der Waals surface area contributed by atoms with Crippen LogP contribution in [-0.4, -0.2) is 28.1 Å². The number of benzene rings is 2. The van der Waals surface area contributed by atoms with Gasteiger partial charge in [0.25, 0.3) is 11.6 Å². The van der Waals surface area contributed by atoms with Crippen molar-refractivity contribution in [3.8, 4) is 5.75 Å². The molecule has 0 bridgehead atoms. The Kier molecular flexibility index (Phi) is 5.31. The number of carbonyl (C=O) groups is 2. The first-order valence-electron chi connectivity index (χ1n) is 8.17. The fourth-order valence-electron chi connectivity index (χ4n) is 2.43. The average molecular weight is 387 g/mol. The van der Waals surface area contributed by atoms with E-state index in [9.17, 15) is 19.7 Å². The lowest BCUT2D eigenvalue weighted by Gasteiger charge is -2.23. The Morgan fingerprint density at radius 3 is 2.67 bits per heavy atom. The molecule has 140 valence electrons. The van der Waals surface area contributed by atoms with Crippen molar-refractivity contribution in [3.63, 3.8) is 0 Å². The van der Waals surface area contributed by atoms with E-state index >= 15 is 0 Å². The first kappa shape index (κ1) is 18.7. The number of nitrogens with one attached hydrogen (secondary N) is 2. The van der Waals surface area contributed by atoms with Crippen LogP contribution in [0, 0.1) is 10.1 Å². The second kappa shape index (κ2) is 7.67. The van der Waals surface area contributed by atoms with E-state index < -0.39 is 16.3 Å². The standard InChI is InChI=1S/C18H17N3O5S/c1-10-17(22)20-15-9-12(3-8-16(15)26-10)19-18(23)11(2)27-14-6-4-13(5-7-14)21(24)25/h3-11H,1-2H3,(H,19,23)(H,20,22)/t10-,11-/m0/s1. The number of nitro groups is 1. The van der Waals surface area contributed by atoms with Crippen LogP contribution in [-0.2, 0) is 9.59 Å². The molecule has 27 heavy (non-hydrogen) atoms. The summed E-state index contributed by atoms with van der Waals surface area (Å²) >= 11 is 1.29. The van der Waals surface area contributed by atoms with E-state index in [1.165, 1.54) is 23.9 Å². The highest BCUT2D eigenvalue weighted by Crippen LogP contribution is 2.32. The molecule has 1 aliphatic heterocycles. The van der Waals surface area contributed by atoms with Crippen LogP contribution >= 0.6 is 11.8 Å². The topological polar surface area (TPSA) is 111 Å². The molecule has 0 aromatic heterocycles. The third-order valence-electron chi connectivity index (χ3n) is 3.91. The van der Waals surface area contributed by atoms with Gasteiger partial charge < -0.3 is 15.4 Å². The van der Waals surface area contributed by atoms with E-state index in [0.717, 1.165) is 4.90 Å². The van der Waals surface area contributed by atoms with Gasteiger partial charge in [-0.25, -0.2) is 0 Å². The van der Waals surface area contributed by atoms with E-state index in [4.69, 9.17) is 4.74 Å². The Morgan fingerprint density at radius 1 is 1.30 bits per heavy atom. The number of nitrogens with zero attached hydrogens (tertiary/aromatic N) is 1. The summed E-state index contributed by atoms with van der Waals surface area (Å²) in [5, 5.41) is 15.8. The van der Waals surface area contributed by atoms with Crippen molar-refractivity contribution in [2.75, 3.05) is 10.6 Å². The van der Waals surface area contributed by atoms with Crippen molar-refractivity contribution < 1.29 is 19.2 Å². The molecule has 1 heterocycles. The zero-order valence-electron chi connectivity index (χ0n) is 14.6. The van der Waals surface area contributed by atoms with Crippen LogP contribution in [0.1, 0.15) is 13.8 Å². The van der Waals surface area contributed by atoms with Gasteiger partial charge in [-0.1, -0.05) is 0 Å². The summed E-state index contributed by atoms with van der Waals surface area (Å²) in [4.78, 5) is 35.1. The Morgan fingerprint density at radius 2 is 2.00 bits per heavy atom. The van der Waals surface area contributed by atoms with Gasteiger partial charge >= 0.3 is 0 Å². The Hall–Kier alpha value is -3.07. The summed E-state index contributed by atoms with van der Waals surface area (Å²) in [5.74, 6) is 0.0798. The quantitative estimate of drug-likeness (QED) is 0.462. The van der Waals surface area contributed by atoms with E-state index in [0.29, 0.717) is 17.1 Å². The molecule has 2 aromatic carbocycles. The van der Waals surface area contributed by atoms with E-state index in [2.05, 4.69) is 10.6 Å². The molecule has 0 radical (unpaired) electrons. The van der Waals surface area contributed by atoms with E-state index in [-0.39, 0.29) is 17.5 Å². The van der Waals surface area contributed by atoms with Crippen LogP contribution in [0.5, 0.6) is 5.75 Å². The molecule has 2 N–H and O–H groups in total. The molecule has 3 rings (SSSR count). The Bertz CT molecular complexity index is 900. The first-order chi connectivity index (χ1) is 12.8.